The predicted octanol–water partition coefficient (Wildman–Crippen LogP) is 4.26. The molecule has 0 spiro atoms. The molecule has 1 amide bonds. The number of methoxy groups -OCH3 is 1. The molecule has 3 aromatic rings. The summed E-state index contributed by atoms with van der Waals surface area (Å²) in [5, 5.41) is 15.1. The zero-order chi connectivity index (χ0) is 25.6. The number of non-ortho nitro benzene ring substituents is 1. The van der Waals surface area contributed by atoms with Crippen LogP contribution >= 0.6 is 23.2 Å². The molecule has 0 aliphatic heterocycles. The molecule has 35 heavy (non-hydrogen) atoms. The van der Waals surface area contributed by atoms with Gasteiger partial charge in [0, 0.05) is 17.7 Å². The minimum atomic E-state index is -4.16. The van der Waals surface area contributed by atoms with E-state index in [1.54, 1.807) is 18.2 Å². The Balaban J connectivity index is 1.87. The summed E-state index contributed by atoms with van der Waals surface area (Å²) in [5.41, 5.74) is 2.37. The van der Waals surface area contributed by atoms with E-state index < -0.39 is 27.4 Å². The van der Waals surface area contributed by atoms with E-state index in [9.17, 15) is 23.3 Å². The van der Waals surface area contributed by atoms with Gasteiger partial charge in [0.2, 0.25) is 0 Å². The predicted molar refractivity (Wildman–Crippen MR) is 133 cm³/mol. The van der Waals surface area contributed by atoms with Crippen LogP contribution in [0.4, 0.5) is 11.4 Å². The molecule has 0 heterocycles. The molecule has 0 atom stereocenters. The Hall–Kier alpha value is -3.67. The largest absolute Gasteiger partial charge is 0.496 e. The number of amides is 1. The molecule has 10 nitrogen and oxygen atoms in total. The molecule has 0 saturated carbocycles. The van der Waals surface area contributed by atoms with E-state index in [1.807, 2.05) is 0 Å². The van der Waals surface area contributed by atoms with E-state index in [-0.39, 0.29) is 37.6 Å². The van der Waals surface area contributed by atoms with Crippen LogP contribution in [0.3, 0.4) is 0 Å². The van der Waals surface area contributed by atoms with Crippen LogP contribution in [0.5, 0.6) is 5.75 Å². The Morgan fingerprint density at radius 3 is 2.46 bits per heavy atom. The number of carbonyl (C=O) groups excluding carboxylic acids is 1. The van der Waals surface area contributed by atoms with Crippen LogP contribution in [-0.2, 0) is 14.8 Å². The number of hydrogen-bond donors (Lipinski definition) is 1. The van der Waals surface area contributed by atoms with Gasteiger partial charge in [-0.1, -0.05) is 41.4 Å². The molecular weight excluding hydrogens is 519 g/mol. The van der Waals surface area contributed by atoms with Crippen LogP contribution < -0.4 is 14.5 Å². The minimum absolute atomic E-state index is 0.0382. The number of benzene rings is 3. The van der Waals surface area contributed by atoms with Gasteiger partial charge in [-0.15, -0.1) is 0 Å². The van der Waals surface area contributed by atoms with Crippen molar-refractivity contribution in [3.8, 4) is 5.75 Å². The van der Waals surface area contributed by atoms with Gasteiger partial charge in [-0.3, -0.25) is 19.2 Å². The number of anilines is 1. The summed E-state index contributed by atoms with van der Waals surface area (Å²) >= 11 is 12.0. The third-order valence-corrected chi connectivity index (χ3v) is 7.15. The molecular formula is C22H18Cl2N4O6S. The molecule has 3 aromatic carbocycles. The molecule has 3 rings (SSSR count). The number of carbonyl (C=O) groups is 1. The van der Waals surface area contributed by atoms with Gasteiger partial charge in [0.1, 0.15) is 12.3 Å². The average molecular weight is 537 g/mol. The van der Waals surface area contributed by atoms with Gasteiger partial charge < -0.3 is 4.74 Å². The molecule has 1 N–H and O–H groups in total. The maximum Gasteiger partial charge on any atom is 0.270 e. The van der Waals surface area contributed by atoms with E-state index in [0.29, 0.717) is 0 Å². The highest BCUT2D eigenvalue weighted by molar-refractivity contribution is 7.92. The summed E-state index contributed by atoms with van der Waals surface area (Å²) in [4.78, 5) is 23.0. The number of hydrazone groups is 1. The first-order valence-electron chi connectivity index (χ1n) is 9.80. The molecule has 182 valence electrons. The molecule has 0 fully saturated rings. The summed E-state index contributed by atoms with van der Waals surface area (Å²) in [7, 11) is -2.78. The lowest BCUT2D eigenvalue weighted by Gasteiger charge is -2.24. The highest BCUT2D eigenvalue weighted by atomic mass is 35.5. The minimum Gasteiger partial charge on any atom is -0.496 e. The smallest absolute Gasteiger partial charge is 0.270 e. The van der Waals surface area contributed by atoms with Crippen LogP contribution in [0.1, 0.15) is 5.56 Å². The quantitative estimate of drug-likeness (QED) is 0.247. The van der Waals surface area contributed by atoms with Gasteiger partial charge in [0.25, 0.3) is 21.6 Å². The molecule has 0 aliphatic carbocycles. The van der Waals surface area contributed by atoms with Gasteiger partial charge >= 0.3 is 0 Å². The van der Waals surface area contributed by atoms with E-state index >= 15 is 0 Å². The maximum atomic E-state index is 13.3. The second-order valence-corrected chi connectivity index (χ2v) is 9.58. The van der Waals surface area contributed by atoms with Crippen molar-refractivity contribution >= 4 is 56.7 Å². The summed E-state index contributed by atoms with van der Waals surface area (Å²) in [6.45, 7) is -0.640. The number of nitro benzene ring substituents is 1. The van der Waals surface area contributed by atoms with E-state index in [0.717, 1.165) is 10.5 Å². The number of rotatable bonds is 9. The summed E-state index contributed by atoms with van der Waals surface area (Å²) in [6, 6.07) is 15.6. The number of sulfonamides is 1. The Bertz CT molecular complexity index is 1380. The Morgan fingerprint density at radius 1 is 1.11 bits per heavy atom. The number of hydrogen-bond acceptors (Lipinski definition) is 7. The molecule has 0 bridgehead atoms. The first kappa shape index (κ1) is 25.9. The van der Waals surface area contributed by atoms with Crippen molar-refractivity contribution in [2.24, 2.45) is 5.10 Å². The summed E-state index contributed by atoms with van der Waals surface area (Å²) < 4.78 is 32.6. The number of ether oxygens (including phenoxy) is 1. The SMILES string of the molecule is COc1ccc([N+](=O)[O-])cc1C=NNC(=O)CN(c1ccc(Cl)c(Cl)c1)S(=O)(=O)c1ccccc1. The molecule has 0 aromatic heterocycles. The lowest BCUT2D eigenvalue weighted by molar-refractivity contribution is -0.384. The molecule has 0 unspecified atom stereocenters. The highest BCUT2D eigenvalue weighted by Gasteiger charge is 2.27. The monoisotopic (exact) mass is 536 g/mol. The van der Waals surface area contributed by atoms with Crippen molar-refractivity contribution in [2.45, 2.75) is 4.90 Å². The van der Waals surface area contributed by atoms with E-state index in [1.165, 1.54) is 55.6 Å². The third-order valence-electron chi connectivity index (χ3n) is 4.63. The van der Waals surface area contributed by atoms with Crippen molar-refractivity contribution in [3.63, 3.8) is 0 Å². The molecule has 0 radical (unpaired) electrons. The van der Waals surface area contributed by atoms with Crippen LogP contribution in [0.2, 0.25) is 10.0 Å². The Labute approximate surface area is 210 Å². The Morgan fingerprint density at radius 2 is 1.83 bits per heavy atom. The van der Waals surface area contributed by atoms with E-state index in [4.69, 9.17) is 27.9 Å². The molecule has 13 heteroatoms. The fraction of sp³-hybridized carbons (Fsp3) is 0.0909. The highest BCUT2D eigenvalue weighted by Crippen LogP contribution is 2.30. The topological polar surface area (TPSA) is 131 Å². The molecule has 0 saturated heterocycles. The van der Waals surface area contributed by atoms with Gasteiger partial charge in [0.05, 0.1) is 38.9 Å². The second-order valence-electron chi connectivity index (χ2n) is 6.90. The summed E-state index contributed by atoms with van der Waals surface area (Å²) in [6.07, 6.45) is 1.15. The fourth-order valence-electron chi connectivity index (χ4n) is 2.95. The van der Waals surface area contributed by atoms with Gasteiger partial charge in [-0.2, -0.15) is 5.10 Å². The summed E-state index contributed by atoms with van der Waals surface area (Å²) in [5.74, 6) is -0.492. The van der Waals surface area contributed by atoms with Crippen molar-refractivity contribution in [1.82, 2.24) is 5.43 Å². The van der Waals surface area contributed by atoms with Crippen molar-refractivity contribution < 1.29 is 22.9 Å². The first-order chi connectivity index (χ1) is 16.6. The van der Waals surface area contributed by atoms with Crippen molar-refractivity contribution in [3.05, 3.63) is 92.5 Å². The van der Waals surface area contributed by atoms with Crippen LogP contribution in [-0.4, -0.2) is 39.1 Å². The first-order valence-corrected chi connectivity index (χ1v) is 12.0. The lowest BCUT2D eigenvalue weighted by Crippen LogP contribution is -2.39. The van der Waals surface area contributed by atoms with E-state index in [2.05, 4.69) is 10.5 Å². The normalized spacial score (nSPS) is 11.3. The standard InChI is InChI=1S/C22H18Cl2N4O6S/c1-34-21-10-8-17(28(30)31)11-15(21)13-25-26-22(29)14-27(16-7-9-19(23)20(24)12-16)35(32,33)18-5-3-2-4-6-18/h2-13H,14H2,1H3,(H,26,29). The third kappa shape index (κ3) is 6.27. The van der Waals surface area contributed by atoms with Gasteiger partial charge in [-0.05, 0) is 36.4 Å². The number of nitrogens with one attached hydrogen (secondary N) is 1. The van der Waals surface area contributed by atoms with Crippen LogP contribution in [0.15, 0.2) is 76.7 Å². The van der Waals surface area contributed by atoms with Gasteiger partial charge in [-0.25, -0.2) is 13.8 Å². The molecule has 0 aliphatic rings. The lowest BCUT2D eigenvalue weighted by atomic mass is 10.2. The Kier molecular flexibility index (Phi) is 8.28. The van der Waals surface area contributed by atoms with Gasteiger partial charge in [0.15, 0.2) is 0 Å². The van der Waals surface area contributed by atoms with Crippen LogP contribution in [0, 0.1) is 10.1 Å². The maximum absolute atomic E-state index is 13.3. The zero-order valence-corrected chi connectivity index (χ0v) is 20.4. The average Bonchev–Trinajstić information content (AvgIpc) is 2.84. The second kappa shape index (κ2) is 11.2. The van der Waals surface area contributed by atoms with Crippen LogP contribution in [0.25, 0.3) is 0 Å². The number of nitro groups is 1. The number of nitrogens with zero attached hydrogens (tertiary/aromatic N) is 3. The van der Waals surface area contributed by atoms with Crippen molar-refractivity contribution in [1.29, 1.82) is 0 Å². The number of halogens is 2. The fourth-order valence-corrected chi connectivity index (χ4v) is 4.68. The zero-order valence-electron chi connectivity index (χ0n) is 18.1. The van der Waals surface area contributed by atoms with Crippen molar-refractivity contribution in [2.75, 3.05) is 18.0 Å².